The summed E-state index contributed by atoms with van der Waals surface area (Å²) >= 11 is 3.50. The summed E-state index contributed by atoms with van der Waals surface area (Å²) in [6.45, 7) is 4.23. The van der Waals surface area contributed by atoms with Gasteiger partial charge in [-0.05, 0) is 50.9 Å². The van der Waals surface area contributed by atoms with Crippen LogP contribution in [0.25, 0.3) is 0 Å². The van der Waals surface area contributed by atoms with E-state index in [1.807, 2.05) is 6.92 Å². The van der Waals surface area contributed by atoms with Gasteiger partial charge in [0, 0.05) is 29.3 Å². The largest absolute Gasteiger partial charge is 0.353 e. The van der Waals surface area contributed by atoms with Crippen molar-refractivity contribution in [3.8, 4) is 0 Å². The predicted octanol–water partition coefficient (Wildman–Crippen LogP) is 4.02. The molecule has 3 nitrogen and oxygen atoms in total. The Balaban J connectivity index is 1.32. The molecular formula is C17H26N2OS2. The van der Waals surface area contributed by atoms with E-state index in [1.54, 1.807) is 23.1 Å². The van der Waals surface area contributed by atoms with E-state index in [0.717, 1.165) is 40.0 Å². The maximum absolute atomic E-state index is 12.1. The zero-order chi connectivity index (χ0) is 15.5. The van der Waals surface area contributed by atoms with Crippen molar-refractivity contribution in [2.75, 3.05) is 5.75 Å². The summed E-state index contributed by atoms with van der Waals surface area (Å²) in [5.41, 5.74) is 1.14. The minimum absolute atomic E-state index is 0.220. The van der Waals surface area contributed by atoms with Crippen molar-refractivity contribution in [1.29, 1.82) is 0 Å². The number of nitrogens with one attached hydrogen (secondary N) is 1. The van der Waals surface area contributed by atoms with Crippen molar-refractivity contribution in [2.24, 2.45) is 17.8 Å². The molecule has 2 fully saturated rings. The number of thiazole rings is 1. The topological polar surface area (TPSA) is 42.0 Å². The molecule has 0 radical (unpaired) electrons. The SMILES string of the molecule is Cc1nc(CSCCC(=O)N[C@@H](C)[C@H]2C[C@H]3CC[C@H]2C3)cs1. The summed E-state index contributed by atoms with van der Waals surface area (Å²) in [5.74, 6) is 4.57. The van der Waals surface area contributed by atoms with Gasteiger partial charge in [-0.15, -0.1) is 11.3 Å². The molecule has 1 heterocycles. The molecule has 1 amide bonds. The molecule has 0 unspecified atom stereocenters. The average molecular weight is 339 g/mol. The number of rotatable bonds is 7. The molecule has 22 heavy (non-hydrogen) atoms. The molecule has 1 aromatic rings. The summed E-state index contributed by atoms with van der Waals surface area (Å²) in [6.07, 6.45) is 6.18. The zero-order valence-electron chi connectivity index (χ0n) is 13.5. The fourth-order valence-corrected chi connectivity index (χ4v) is 5.70. The van der Waals surface area contributed by atoms with Crippen LogP contribution in [0.15, 0.2) is 5.38 Å². The summed E-state index contributed by atoms with van der Waals surface area (Å²) in [4.78, 5) is 16.5. The molecular weight excluding hydrogens is 312 g/mol. The number of carbonyl (C=O) groups is 1. The van der Waals surface area contributed by atoms with E-state index in [1.165, 1.54) is 25.7 Å². The van der Waals surface area contributed by atoms with Gasteiger partial charge in [-0.2, -0.15) is 11.8 Å². The second kappa shape index (κ2) is 7.35. The van der Waals surface area contributed by atoms with E-state index in [9.17, 15) is 4.79 Å². The normalized spacial score (nSPS) is 28.0. The average Bonchev–Trinajstić information content (AvgIpc) is 3.20. The van der Waals surface area contributed by atoms with Crippen LogP contribution >= 0.6 is 23.1 Å². The number of amides is 1. The van der Waals surface area contributed by atoms with Gasteiger partial charge in [0.2, 0.25) is 5.91 Å². The Labute approximate surface area is 141 Å². The molecule has 0 spiro atoms. The summed E-state index contributed by atoms with van der Waals surface area (Å²) in [7, 11) is 0. The Kier molecular flexibility index (Phi) is 5.45. The first kappa shape index (κ1) is 16.3. The first-order chi connectivity index (χ1) is 10.6. The molecule has 2 aliphatic carbocycles. The number of hydrogen-bond donors (Lipinski definition) is 1. The van der Waals surface area contributed by atoms with Crippen LogP contribution in [0.5, 0.6) is 0 Å². The lowest BCUT2D eigenvalue weighted by Gasteiger charge is -2.28. The van der Waals surface area contributed by atoms with Crippen LogP contribution in [0.3, 0.4) is 0 Å². The Bertz CT molecular complexity index is 517. The van der Waals surface area contributed by atoms with Crippen molar-refractivity contribution in [3.05, 3.63) is 16.1 Å². The Morgan fingerprint density at radius 3 is 3.00 bits per heavy atom. The molecule has 3 rings (SSSR count). The minimum atomic E-state index is 0.220. The molecule has 1 N–H and O–H groups in total. The summed E-state index contributed by atoms with van der Waals surface area (Å²) in [6, 6.07) is 0.356. The van der Waals surface area contributed by atoms with E-state index in [-0.39, 0.29) is 5.91 Å². The highest BCUT2D eigenvalue weighted by molar-refractivity contribution is 7.98. The number of carbonyl (C=O) groups excluding carboxylic acids is 1. The van der Waals surface area contributed by atoms with Crippen molar-refractivity contribution in [3.63, 3.8) is 0 Å². The lowest BCUT2D eigenvalue weighted by Crippen LogP contribution is -2.40. The highest BCUT2D eigenvalue weighted by atomic mass is 32.2. The lowest BCUT2D eigenvalue weighted by atomic mass is 9.84. The van der Waals surface area contributed by atoms with Gasteiger partial charge in [-0.25, -0.2) is 4.98 Å². The van der Waals surface area contributed by atoms with Gasteiger partial charge in [0.15, 0.2) is 0 Å². The van der Waals surface area contributed by atoms with Crippen molar-refractivity contribution >= 4 is 29.0 Å². The molecule has 0 aliphatic heterocycles. The van der Waals surface area contributed by atoms with Crippen molar-refractivity contribution in [1.82, 2.24) is 10.3 Å². The van der Waals surface area contributed by atoms with E-state index < -0.39 is 0 Å². The maximum Gasteiger partial charge on any atom is 0.221 e. The standard InChI is InChI=1S/C17H26N2OS2/c1-11(16-8-13-3-4-14(16)7-13)18-17(20)5-6-21-9-15-10-22-12(2)19-15/h10-11,13-14,16H,3-9H2,1-2H3,(H,18,20)/t11-,13-,14-,16+/m0/s1. The predicted molar refractivity (Wildman–Crippen MR) is 94.2 cm³/mol. The molecule has 2 aliphatic rings. The summed E-state index contributed by atoms with van der Waals surface area (Å²) in [5, 5.41) is 6.47. The van der Waals surface area contributed by atoms with Gasteiger partial charge in [0.1, 0.15) is 0 Å². The van der Waals surface area contributed by atoms with Crippen LogP contribution in [0.4, 0.5) is 0 Å². The molecule has 2 bridgehead atoms. The zero-order valence-corrected chi connectivity index (χ0v) is 15.1. The van der Waals surface area contributed by atoms with Crippen LogP contribution < -0.4 is 5.32 Å². The lowest BCUT2D eigenvalue weighted by molar-refractivity contribution is -0.121. The number of thioether (sulfide) groups is 1. The molecule has 5 heteroatoms. The van der Waals surface area contributed by atoms with E-state index in [2.05, 4.69) is 22.6 Å². The highest BCUT2D eigenvalue weighted by Crippen LogP contribution is 2.49. The first-order valence-corrected chi connectivity index (χ1v) is 10.4. The number of nitrogens with zero attached hydrogens (tertiary/aromatic N) is 1. The third-order valence-electron chi connectivity index (χ3n) is 5.21. The highest BCUT2D eigenvalue weighted by Gasteiger charge is 2.41. The third-order valence-corrected chi connectivity index (χ3v) is 7.03. The molecule has 0 aromatic carbocycles. The van der Waals surface area contributed by atoms with Gasteiger partial charge in [0.05, 0.1) is 10.7 Å². The quantitative estimate of drug-likeness (QED) is 0.764. The fourth-order valence-electron chi connectivity index (χ4n) is 4.16. The van der Waals surface area contributed by atoms with Crippen LogP contribution in [0.2, 0.25) is 0 Å². The third kappa shape index (κ3) is 4.05. The van der Waals surface area contributed by atoms with Crippen molar-refractivity contribution < 1.29 is 4.79 Å². The van der Waals surface area contributed by atoms with E-state index >= 15 is 0 Å². The monoisotopic (exact) mass is 338 g/mol. The summed E-state index contributed by atoms with van der Waals surface area (Å²) < 4.78 is 0. The number of hydrogen-bond acceptors (Lipinski definition) is 4. The van der Waals surface area contributed by atoms with Crippen LogP contribution in [0.1, 0.15) is 49.7 Å². The Morgan fingerprint density at radius 1 is 1.50 bits per heavy atom. The van der Waals surface area contributed by atoms with Gasteiger partial charge >= 0.3 is 0 Å². The molecule has 0 saturated heterocycles. The number of fused-ring (bicyclic) bond motifs is 2. The second-order valence-corrected chi connectivity index (χ2v) is 9.02. The first-order valence-electron chi connectivity index (χ1n) is 8.40. The van der Waals surface area contributed by atoms with E-state index in [0.29, 0.717) is 12.5 Å². The number of aryl methyl sites for hydroxylation is 1. The fraction of sp³-hybridized carbons (Fsp3) is 0.765. The van der Waals surface area contributed by atoms with Gasteiger partial charge in [0.25, 0.3) is 0 Å². The van der Waals surface area contributed by atoms with Gasteiger partial charge < -0.3 is 5.32 Å². The van der Waals surface area contributed by atoms with Crippen LogP contribution in [-0.4, -0.2) is 22.7 Å². The van der Waals surface area contributed by atoms with Gasteiger partial charge in [-0.1, -0.05) is 6.42 Å². The molecule has 2 saturated carbocycles. The second-order valence-electron chi connectivity index (χ2n) is 6.86. The number of aromatic nitrogens is 1. The Morgan fingerprint density at radius 2 is 2.36 bits per heavy atom. The van der Waals surface area contributed by atoms with Gasteiger partial charge in [-0.3, -0.25) is 4.79 Å². The molecule has 122 valence electrons. The minimum Gasteiger partial charge on any atom is -0.353 e. The van der Waals surface area contributed by atoms with Crippen LogP contribution in [-0.2, 0) is 10.5 Å². The molecule has 1 aromatic heterocycles. The van der Waals surface area contributed by atoms with Crippen molar-refractivity contribution in [2.45, 2.75) is 57.7 Å². The maximum atomic E-state index is 12.1. The Hall–Kier alpha value is -0.550. The van der Waals surface area contributed by atoms with Crippen LogP contribution in [0, 0.1) is 24.7 Å². The van der Waals surface area contributed by atoms with E-state index in [4.69, 9.17) is 0 Å². The molecule has 4 atom stereocenters. The smallest absolute Gasteiger partial charge is 0.221 e.